The van der Waals surface area contributed by atoms with Gasteiger partial charge < -0.3 is 14.2 Å². The van der Waals surface area contributed by atoms with Gasteiger partial charge in [0.05, 0.1) is 0 Å². The van der Waals surface area contributed by atoms with E-state index in [4.69, 9.17) is 14.2 Å². The predicted octanol–water partition coefficient (Wildman–Crippen LogP) is 21.7. The molecule has 0 fully saturated rings. The molecule has 0 aromatic rings. The summed E-state index contributed by atoms with van der Waals surface area (Å²) in [6.45, 7) is 6.49. The van der Waals surface area contributed by atoms with Crippen molar-refractivity contribution in [3.8, 4) is 0 Å². The Balaban J connectivity index is 4.43. The summed E-state index contributed by atoms with van der Waals surface area (Å²) < 4.78 is 16.9. The van der Waals surface area contributed by atoms with Crippen LogP contribution >= 0.6 is 0 Å². The maximum atomic E-state index is 12.9. The highest BCUT2D eigenvalue weighted by Crippen LogP contribution is 2.16. The van der Waals surface area contributed by atoms with Gasteiger partial charge in [0, 0.05) is 19.3 Å². The minimum atomic E-state index is -0.798. The lowest BCUT2D eigenvalue weighted by Gasteiger charge is -2.18. The minimum absolute atomic E-state index is 0.0913. The molecule has 0 aliphatic heterocycles. The third-order valence-electron chi connectivity index (χ3n) is 13.5. The molecule has 6 heteroatoms. The lowest BCUT2D eigenvalue weighted by molar-refractivity contribution is -0.167. The summed E-state index contributed by atoms with van der Waals surface area (Å²) in [5.41, 5.74) is 0. The second-order valence-corrected chi connectivity index (χ2v) is 20.9. The molecule has 75 heavy (non-hydrogen) atoms. The van der Waals surface area contributed by atoms with Gasteiger partial charge in [-0.2, -0.15) is 0 Å². The molecule has 0 unspecified atom stereocenters. The molecular formula is C69H118O6. The fourth-order valence-electron chi connectivity index (χ4n) is 8.79. The third-order valence-corrected chi connectivity index (χ3v) is 13.5. The summed E-state index contributed by atoms with van der Waals surface area (Å²) in [5, 5.41) is 0. The molecule has 0 spiro atoms. The van der Waals surface area contributed by atoms with E-state index in [1.54, 1.807) is 0 Å². The normalized spacial score (nSPS) is 12.7. The Morgan fingerprint density at radius 3 is 0.867 bits per heavy atom. The van der Waals surface area contributed by atoms with E-state index in [-0.39, 0.29) is 31.1 Å². The van der Waals surface area contributed by atoms with E-state index in [0.29, 0.717) is 19.3 Å². The zero-order chi connectivity index (χ0) is 54.3. The van der Waals surface area contributed by atoms with E-state index in [2.05, 4.69) is 118 Å². The third kappa shape index (κ3) is 61.1. The summed E-state index contributed by atoms with van der Waals surface area (Å²) in [6.07, 6.45) is 84.0. The quantitative estimate of drug-likeness (QED) is 0.0261. The van der Waals surface area contributed by atoms with Crippen molar-refractivity contribution in [2.75, 3.05) is 13.2 Å². The van der Waals surface area contributed by atoms with Crippen LogP contribution in [0.4, 0.5) is 0 Å². The van der Waals surface area contributed by atoms with Crippen LogP contribution in [0.1, 0.15) is 303 Å². The fourth-order valence-corrected chi connectivity index (χ4v) is 8.79. The van der Waals surface area contributed by atoms with Gasteiger partial charge in [-0.1, -0.05) is 259 Å². The molecule has 430 valence electrons. The van der Waals surface area contributed by atoms with Crippen molar-refractivity contribution in [2.45, 2.75) is 309 Å². The van der Waals surface area contributed by atoms with E-state index in [1.807, 2.05) is 0 Å². The highest BCUT2D eigenvalue weighted by atomic mass is 16.6. The second-order valence-electron chi connectivity index (χ2n) is 20.9. The van der Waals surface area contributed by atoms with E-state index < -0.39 is 6.10 Å². The van der Waals surface area contributed by atoms with Gasteiger partial charge in [0.1, 0.15) is 13.2 Å². The lowest BCUT2D eigenvalue weighted by atomic mass is 10.0. The van der Waals surface area contributed by atoms with Crippen LogP contribution in [0.2, 0.25) is 0 Å². The Labute approximate surface area is 464 Å². The van der Waals surface area contributed by atoms with Gasteiger partial charge in [-0.05, 0) is 122 Å². The molecule has 0 amide bonds. The predicted molar refractivity (Wildman–Crippen MR) is 325 cm³/mol. The van der Waals surface area contributed by atoms with E-state index in [1.165, 1.54) is 154 Å². The molecule has 0 aliphatic carbocycles. The Hall–Kier alpha value is -3.67. The standard InChI is InChI=1S/C69H118O6/c1-4-7-10-13-16-19-22-25-28-31-33-34-36-39-41-44-47-50-53-56-59-62-68(71)74-65-66(75-69(72)63-60-57-54-51-48-45-42-37-30-27-24-21-18-15-12-9-6-3)64-73-67(70)61-58-55-52-49-46-43-40-38-35-32-29-26-23-20-17-14-11-8-5-2/h8,11,17-18,20-21,25-30,35,38,43,46,66H,4-7,9-10,12-16,19,22-24,31-34,36-37,39-42,44-45,47-65H2,1-3H3/b11-8-,20-17-,21-18-,28-25-,29-26-,30-27-,38-35-,46-43-/t66-/m1/s1. The first-order chi connectivity index (χ1) is 37.0. The first kappa shape index (κ1) is 71.3. The molecule has 1 atom stereocenters. The number of rotatable bonds is 57. The lowest BCUT2D eigenvalue weighted by Crippen LogP contribution is -2.30. The molecular weight excluding hydrogens is 925 g/mol. The Morgan fingerprint density at radius 2 is 0.520 bits per heavy atom. The van der Waals surface area contributed by atoms with Crippen molar-refractivity contribution < 1.29 is 28.6 Å². The van der Waals surface area contributed by atoms with Crippen molar-refractivity contribution in [3.63, 3.8) is 0 Å². The van der Waals surface area contributed by atoms with E-state index in [9.17, 15) is 14.4 Å². The number of carbonyl (C=O) groups excluding carboxylic acids is 3. The molecule has 0 aromatic carbocycles. The van der Waals surface area contributed by atoms with Crippen molar-refractivity contribution in [2.24, 2.45) is 0 Å². The summed E-state index contributed by atoms with van der Waals surface area (Å²) in [6, 6.07) is 0. The molecule has 0 aliphatic rings. The van der Waals surface area contributed by atoms with Crippen molar-refractivity contribution in [1.82, 2.24) is 0 Å². The molecule has 0 aromatic heterocycles. The molecule has 0 radical (unpaired) electrons. The highest BCUT2D eigenvalue weighted by molar-refractivity contribution is 5.71. The van der Waals surface area contributed by atoms with Crippen LogP contribution in [0, 0.1) is 0 Å². The van der Waals surface area contributed by atoms with Crippen molar-refractivity contribution in [3.05, 3.63) is 97.2 Å². The van der Waals surface area contributed by atoms with Crippen LogP contribution < -0.4 is 0 Å². The Bertz CT molecular complexity index is 1480. The topological polar surface area (TPSA) is 78.9 Å². The van der Waals surface area contributed by atoms with Crippen LogP contribution in [-0.2, 0) is 28.6 Å². The number of esters is 3. The SMILES string of the molecule is CC/C=C\C/C=C\C/C=C\C/C=C\C/C=C\CCCCCC(=O)OC[C@H](COC(=O)CCCCCCCCCCCCC/C=C\CCCCCCCC)OC(=O)CCCCCCCCC/C=C\C/C=C\CCCCC. The number of carbonyl (C=O) groups is 3. The Morgan fingerprint density at radius 1 is 0.280 bits per heavy atom. The maximum Gasteiger partial charge on any atom is 0.306 e. The van der Waals surface area contributed by atoms with Gasteiger partial charge >= 0.3 is 17.9 Å². The smallest absolute Gasteiger partial charge is 0.306 e. The monoisotopic (exact) mass is 1040 g/mol. The van der Waals surface area contributed by atoms with Crippen molar-refractivity contribution >= 4 is 17.9 Å². The number of hydrogen-bond acceptors (Lipinski definition) is 6. The molecule has 0 N–H and O–H groups in total. The largest absolute Gasteiger partial charge is 0.462 e. The molecule has 0 bridgehead atoms. The van der Waals surface area contributed by atoms with Gasteiger partial charge in [0.2, 0.25) is 0 Å². The van der Waals surface area contributed by atoms with Gasteiger partial charge in [-0.25, -0.2) is 0 Å². The summed E-state index contributed by atoms with van der Waals surface area (Å²) in [4.78, 5) is 38.3. The van der Waals surface area contributed by atoms with E-state index >= 15 is 0 Å². The van der Waals surface area contributed by atoms with Crippen LogP contribution in [-0.4, -0.2) is 37.2 Å². The number of unbranched alkanes of at least 4 members (excludes halogenated alkanes) is 30. The van der Waals surface area contributed by atoms with E-state index in [0.717, 1.165) is 109 Å². The molecule has 0 saturated carbocycles. The number of ether oxygens (including phenoxy) is 3. The number of allylic oxidation sites excluding steroid dienone is 16. The first-order valence-corrected chi connectivity index (χ1v) is 31.7. The van der Waals surface area contributed by atoms with Crippen LogP contribution in [0.15, 0.2) is 97.2 Å². The maximum absolute atomic E-state index is 12.9. The highest BCUT2D eigenvalue weighted by Gasteiger charge is 2.19. The fraction of sp³-hybridized carbons (Fsp3) is 0.725. The van der Waals surface area contributed by atoms with Crippen LogP contribution in [0.3, 0.4) is 0 Å². The van der Waals surface area contributed by atoms with Crippen molar-refractivity contribution in [1.29, 1.82) is 0 Å². The average molecular weight is 1040 g/mol. The van der Waals surface area contributed by atoms with Gasteiger partial charge in [0.15, 0.2) is 6.10 Å². The molecule has 6 nitrogen and oxygen atoms in total. The minimum Gasteiger partial charge on any atom is -0.462 e. The summed E-state index contributed by atoms with van der Waals surface area (Å²) >= 11 is 0. The number of hydrogen-bond donors (Lipinski definition) is 0. The zero-order valence-corrected chi connectivity index (χ0v) is 49.3. The first-order valence-electron chi connectivity index (χ1n) is 31.7. The zero-order valence-electron chi connectivity index (χ0n) is 49.3. The Kier molecular flexibility index (Phi) is 59.8. The molecule has 0 saturated heterocycles. The van der Waals surface area contributed by atoms with Gasteiger partial charge in [-0.15, -0.1) is 0 Å². The van der Waals surface area contributed by atoms with Crippen LogP contribution in [0.5, 0.6) is 0 Å². The summed E-state index contributed by atoms with van der Waals surface area (Å²) in [7, 11) is 0. The average Bonchev–Trinajstić information content (AvgIpc) is 3.41. The van der Waals surface area contributed by atoms with Gasteiger partial charge in [0.25, 0.3) is 0 Å². The second kappa shape index (κ2) is 62.9. The molecule has 0 rings (SSSR count). The summed E-state index contributed by atoms with van der Waals surface area (Å²) in [5.74, 6) is -0.924. The molecule has 0 heterocycles. The van der Waals surface area contributed by atoms with Gasteiger partial charge in [-0.3, -0.25) is 14.4 Å². The van der Waals surface area contributed by atoms with Crippen LogP contribution in [0.25, 0.3) is 0 Å².